The topological polar surface area (TPSA) is 389 Å². The minimum atomic E-state index is -2.29. The van der Waals surface area contributed by atoms with Crippen molar-refractivity contribution in [2.24, 2.45) is 0 Å². The van der Waals surface area contributed by atoms with Gasteiger partial charge in [0.05, 0.1) is 19.8 Å². The van der Waals surface area contributed by atoms with E-state index in [2.05, 4.69) is 17.2 Å². The molecule has 0 aromatic carbocycles. The van der Waals surface area contributed by atoms with E-state index >= 15 is 0 Å². The molecular formula is C31H48N2O23. The summed E-state index contributed by atoms with van der Waals surface area (Å²) in [4.78, 5) is 48.7. The van der Waals surface area contributed by atoms with E-state index in [1.54, 1.807) is 0 Å². The third-order valence-electron chi connectivity index (χ3n) is 9.30. The summed E-state index contributed by atoms with van der Waals surface area (Å²) in [5.41, 5.74) is 0. The molecular weight excluding hydrogens is 768 g/mol. The van der Waals surface area contributed by atoms with E-state index in [0.29, 0.717) is 0 Å². The van der Waals surface area contributed by atoms with E-state index in [1.165, 1.54) is 6.08 Å². The van der Waals surface area contributed by atoms with Gasteiger partial charge in [-0.2, -0.15) is 0 Å². The number of carbonyl (C=O) groups excluding carboxylic acids is 2. The molecule has 13 N–H and O–H groups in total. The Kier molecular flexibility index (Phi) is 16.0. The van der Waals surface area contributed by atoms with Crippen molar-refractivity contribution < 1.29 is 113 Å². The Labute approximate surface area is 316 Å². The molecule has 4 aliphatic rings. The molecule has 0 aliphatic carbocycles. The Bertz CT molecular complexity index is 1380. The second-order valence-corrected chi connectivity index (χ2v) is 13.3. The van der Waals surface area contributed by atoms with Crippen LogP contribution in [0.2, 0.25) is 0 Å². The summed E-state index contributed by atoms with van der Waals surface area (Å²) in [5.74, 6) is -5.17. The molecule has 4 aliphatic heterocycles. The lowest BCUT2D eigenvalue weighted by atomic mass is 9.94. The summed E-state index contributed by atoms with van der Waals surface area (Å²) in [7, 11) is 0. The van der Waals surface area contributed by atoms with Gasteiger partial charge in [0.2, 0.25) is 11.8 Å². The van der Waals surface area contributed by atoms with Crippen molar-refractivity contribution in [1.82, 2.24) is 10.6 Å². The first kappa shape index (κ1) is 45.6. The largest absolute Gasteiger partial charge is 0.479 e. The number of aliphatic hydroxyl groups excluding tert-OH is 9. The first-order valence-electron chi connectivity index (χ1n) is 17.1. The van der Waals surface area contributed by atoms with Crippen molar-refractivity contribution in [2.75, 3.05) is 19.8 Å². The van der Waals surface area contributed by atoms with Gasteiger partial charge in [-0.3, -0.25) is 9.59 Å². The third kappa shape index (κ3) is 9.96. The van der Waals surface area contributed by atoms with Crippen LogP contribution in [0.15, 0.2) is 12.7 Å². The number of rotatable bonds is 15. The Balaban J connectivity index is 1.63. The molecule has 0 spiro atoms. The molecule has 4 saturated heterocycles. The van der Waals surface area contributed by atoms with E-state index in [9.17, 15) is 75.3 Å². The van der Waals surface area contributed by atoms with Crippen LogP contribution in [0.5, 0.6) is 0 Å². The zero-order chi connectivity index (χ0) is 41.8. The van der Waals surface area contributed by atoms with Gasteiger partial charge in [0.1, 0.15) is 85.3 Å². The van der Waals surface area contributed by atoms with Crippen LogP contribution in [0.4, 0.5) is 0 Å². The van der Waals surface area contributed by atoms with E-state index in [-0.39, 0.29) is 6.61 Å². The van der Waals surface area contributed by atoms with Crippen molar-refractivity contribution in [3.05, 3.63) is 12.7 Å². The fourth-order valence-corrected chi connectivity index (χ4v) is 6.59. The maximum Gasteiger partial charge on any atom is 0.335 e. The molecule has 0 aromatic heterocycles. The molecule has 56 heavy (non-hydrogen) atoms. The van der Waals surface area contributed by atoms with E-state index in [1.807, 2.05) is 0 Å². The summed E-state index contributed by atoms with van der Waals surface area (Å²) in [6.45, 7) is 3.63. The second-order valence-electron chi connectivity index (χ2n) is 13.3. The molecule has 4 fully saturated rings. The molecule has 20 atom stereocenters. The number of amides is 2. The molecule has 0 aromatic rings. The number of carboxylic acids is 2. The summed E-state index contributed by atoms with van der Waals surface area (Å²) in [6, 6.07) is -3.18. The SMILES string of the molecule is C=CCO[C@@H]1O[C@H](CO)[C@H](O)[C@H](O[C@@H]2O[C@H](C(=O)O)[C@@H](O[C@@H]3O[C@H](CO)[C@H](O)[C@H](O[C@@H]4O[C@H](C(=O)O)[C@@H](O)[C@H](O)[C@H]4O)[C@H]3NC(C)=O)[C@H](O)[C@H]2O)[C@H]1NC(C)=O. The number of aliphatic hydroxyl groups is 9. The van der Waals surface area contributed by atoms with Crippen molar-refractivity contribution in [1.29, 1.82) is 0 Å². The maximum atomic E-state index is 12.6. The van der Waals surface area contributed by atoms with Gasteiger partial charge in [-0.25, -0.2) is 9.59 Å². The average molecular weight is 817 g/mol. The van der Waals surface area contributed by atoms with Gasteiger partial charge in [0.15, 0.2) is 37.4 Å². The van der Waals surface area contributed by atoms with Crippen molar-refractivity contribution in [3.63, 3.8) is 0 Å². The van der Waals surface area contributed by atoms with Gasteiger partial charge >= 0.3 is 11.9 Å². The Morgan fingerprint density at radius 2 is 1.00 bits per heavy atom. The van der Waals surface area contributed by atoms with Crippen LogP contribution in [0.3, 0.4) is 0 Å². The standard InChI is InChI=1S/C31H48N2O23/c1-4-5-49-28-12(32-8(2)36)21(14(38)10(6-34)50-28)52-31-20(44)18(42)23(25(56-31)27(47)48)54-29-13(33-9(3)37)22(15(39)11(7-35)51-29)53-30-19(43)16(40)17(41)24(55-30)26(45)46/h4,10-25,28-31,34-35,38-44H,1,5-7H2,2-3H3,(H,32,36)(H,33,37)(H,45,46)(H,47,48)/t10-,11-,12-,13-,14+,15+,16+,17+,18-,19-,20-,21-,22-,23+,24+,25+,28-,29+,30-,31-/m1/s1. The van der Waals surface area contributed by atoms with E-state index < -0.39 is 160 Å². The molecule has 0 radical (unpaired) electrons. The summed E-state index contributed by atoms with van der Waals surface area (Å²) in [6.07, 6.45) is -34.3. The highest BCUT2D eigenvalue weighted by atomic mass is 16.8. The molecule has 320 valence electrons. The summed E-state index contributed by atoms with van der Waals surface area (Å²) in [5, 5.41) is 120. The van der Waals surface area contributed by atoms with Gasteiger partial charge < -0.3 is 105 Å². The first-order chi connectivity index (χ1) is 26.4. The number of hydrogen-bond acceptors (Lipinski definition) is 21. The lowest BCUT2D eigenvalue weighted by Crippen LogP contribution is -2.70. The molecule has 0 bridgehead atoms. The van der Waals surface area contributed by atoms with Crippen LogP contribution < -0.4 is 10.6 Å². The Morgan fingerprint density at radius 1 is 0.571 bits per heavy atom. The lowest BCUT2D eigenvalue weighted by molar-refractivity contribution is -0.369. The number of carboxylic acid groups (broad SMARTS) is 2. The molecule has 0 unspecified atom stereocenters. The normalized spacial score (nSPS) is 44.3. The fraction of sp³-hybridized carbons (Fsp3) is 0.806. The monoisotopic (exact) mass is 816 g/mol. The Hall–Kier alpha value is -3.06. The van der Waals surface area contributed by atoms with Crippen LogP contribution in [-0.2, 0) is 57.1 Å². The number of hydrogen-bond donors (Lipinski definition) is 13. The number of nitrogens with one attached hydrogen (secondary N) is 2. The van der Waals surface area contributed by atoms with E-state index in [0.717, 1.165) is 13.8 Å². The minimum absolute atomic E-state index is 0.145. The molecule has 25 nitrogen and oxygen atoms in total. The van der Waals surface area contributed by atoms with Crippen LogP contribution >= 0.6 is 0 Å². The van der Waals surface area contributed by atoms with E-state index in [4.69, 9.17) is 37.9 Å². The van der Waals surface area contributed by atoms with Crippen LogP contribution in [0.25, 0.3) is 0 Å². The number of aliphatic carboxylic acids is 2. The number of carbonyl (C=O) groups is 4. The van der Waals surface area contributed by atoms with Crippen molar-refractivity contribution in [2.45, 2.75) is 137 Å². The fourth-order valence-electron chi connectivity index (χ4n) is 6.59. The minimum Gasteiger partial charge on any atom is -0.479 e. The predicted octanol–water partition coefficient (Wildman–Crippen LogP) is -8.07. The highest BCUT2D eigenvalue weighted by Crippen LogP contribution is 2.35. The van der Waals surface area contributed by atoms with Gasteiger partial charge in [-0.05, 0) is 0 Å². The van der Waals surface area contributed by atoms with Gasteiger partial charge in [-0.15, -0.1) is 6.58 Å². The first-order valence-corrected chi connectivity index (χ1v) is 17.1. The molecule has 4 rings (SSSR count). The molecule has 2 amide bonds. The molecule has 0 saturated carbocycles. The second kappa shape index (κ2) is 19.6. The smallest absolute Gasteiger partial charge is 0.335 e. The van der Waals surface area contributed by atoms with Gasteiger partial charge in [0.25, 0.3) is 0 Å². The average Bonchev–Trinajstić information content (AvgIpc) is 3.13. The quantitative estimate of drug-likeness (QED) is 0.0683. The molecule has 25 heteroatoms. The molecule has 4 heterocycles. The zero-order valence-corrected chi connectivity index (χ0v) is 29.8. The predicted molar refractivity (Wildman–Crippen MR) is 172 cm³/mol. The van der Waals surface area contributed by atoms with Gasteiger partial charge in [0, 0.05) is 13.8 Å². The number of ether oxygens (including phenoxy) is 8. The zero-order valence-electron chi connectivity index (χ0n) is 29.8. The summed E-state index contributed by atoms with van der Waals surface area (Å²) < 4.78 is 44.5. The Morgan fingerprint density at radius 3 is 1.45 bits per heavy atom. The summed E-state index contributed by atoms with van der Waals surface area (Å²) >= 11 is 0. The van der Waals surface area contributed by atoms with Gasteiger partial charge in [-0.1, -0.05) is 6.08 Å². The van der Waals surface area contributed by atoms with Crippen LogP contribution in [0, 0.1) is 0 Å². The van der Waals surface area contributed by atoms with Crippen molar-refractivity contribution in [3.8, 4) is 0 Å². The highest BCUT2D eigenvalue weighted by Gasteiger charge is 2.57. The van der Waals surface area contributed by atoms with Crippen LogP contribution in [-0.4, -0.2) is 222 Å². The lowest BCUT2D eigenvalue weighted by Gasteiger charge is -2.50. The maximum absolute atomic E-state index is 12.6. The highest BCUT2D eigenvalue weighted by molar-refractivity contribution is 5.74. The third-order valence-corrected chi connectivity index (χ3v) is 9.30. The van der Waals surface area contributed by atoms with Crippen LogP contribution in [0.1, 0.15) is 13.8 Å². The van der Waals surface area contributed by atoms with Crippen molar-refractivity contribution >= 4 is 23.8 Å².